The van der Waals surface area contributed by atoms with Crippen LogP contribution in [0, 0.1) is 0 Å². The summed E-state index contributed by atoms with van der Waals surface area (Å²) >= 11 is 0. The molecule has 1 aliphatic rings. The molecule has 0 fully saturated rings. The number of likely N-dealkylation sites (N-methyl/N-ethyl adjacent to an activating group) is 1. The van der Waals surface area contributed by atoms with Gasteiger partial charge < -0.3 is 29.7 Å². The van der Waals surface area contributed by atoms with Crippen molar-refractivity contribution in [2.24, 2.45) is 0 Å². The molecule has 0 amide bonds. The predicted molar refractivity (Wildman–Crippen MR) is 94.3 cm³/mol. The molecule has 0 bridgehead atoms. The second-order valence-corrected chi connectivity index (χ2v) is 6.27. The van der Waals surface area contributed by atoms with E-state index >= 15 is 0 Å². The number of hydrogen-bond donors (Lipinski definition) is 3. The fourth-order valence-electron chi connectivity index (χ4n) is 3.44. The number of nitrogens with zero attached hydrogens (tertiary/aromatic N) is 1. The van der Waals surface area contributed by atoms with Crippen molar-refractivity contribution < 1.29 is 24.8 Å². The quantitative estimate of drug-likeness (QED) is 0.788. The van der Waals surface area contributed by atoms with Crippen molar-refractivity contribution in [3.8, 4) is 34.1 Å². The molecule has 0 radical (unpaired) electrons. The van der Waals surface area contributed by atoms with E-state index in [4.69, 9.17) is 9.47 Å². The minimum atomic E-state index is -0.254. The molecule has 3 N–H and O–H groups in total. The number of phenols is 2. The number of fused-ring (bicyclic) bond motifs is 1. The van der Waals surface area contributed by atoms with Crippen molar-refractivity contribution in [1.29, 1.82) is 0 Å². The minimum Gasteiger partial charge on any atom is -0.504 e. The fourth-order valence-corrected chi connectivity index (χ4v) is 3.44. The van der Waals surface area contributed by atoms with E-state index in [0.29, 0.717) is 29.2 Å². The van der Waals surface area contributed by atoms with E-state index in [1.165, 1.54) is 20.3 Å². The standard InChI is InChI=1S/C19H23NO5/c1-20-5-4-11-6-16(23)19(25-3)18(14(11)9-20)13-8-17(24-2)15(22)7-12(13)10-21/h6-8,21-23H,4-5,9-10H2,1-3H3. The maximum absolute atomic E-state index is 10.4. The van der Waals surface area contributed by atoms with Crippen molar-refractivity contribution in [2.45, 2.75) is 19.6 Å². The number of ether oxygens (including phenoxy) is 2. The lowest BCUT2D eigenvalue weighted by Crippen LogP contribution is -2.27. The normalized spacial score (nSPS) is 14.2. The van der Waals surface area contributed by atoms with Crippen molar-refractivity contribution >= 4 is 0 Å². The number of aliphatic hydroxyl groups is 1. The van der Waals surface area contributed by atoms with E-state index < -0.39 is 0 Å². The van der Waals surface area contributed by atoms with E-state index in [0.717, 1.165) is 29.7 Å². The molecule has 0 atom stereocenters. The fraction of sp³-hybridized carbons (Fsp3) is 0.368. The third-order valence-electron chi connectivity index (χ3n) is 4.70. The summed E-state index contributed by atoms with van der Waals surface area (Å²) in [7, 11) is 5.02. The molecule has 25 heavy (non-hydrogen) atoms. The van der Waals surface area contributed by atoms with E-state index in [1.807, 2.05) is 7.05 Å². The first-order valence-corrected chi connectivity index (χ1v) is 8.11. The smallest absolute Gasteiger partial charge is 0.168 e. The van der Waals surface area contributed by atoms with Gasteiger partial charge in [-0.15, -0.1) is 0 Å². The van der Waals surface area contributed by atoms with Gasteiger partial charge in [-0.1, -0.05) is 0 Å². The van der Waals surface area contributed by atoms with Gasteiger partial charge in [0.15, 0.2) is 23.0 Å². The third-order valence-corrected chi connectivity index (χ3v) is 4.70. The molecule has 2 aromatic rings. The zero-order chi connectivity index (χ0) is 18.1. The van der Waals surface area contributed by atoms with Gasteiger partial charge in [-0.2, -0.15) is 0 Å². The number of aromatic hydroxyl groups is 2. The number of rotatable bonds is 4. The van der Waals surface area contributed by atoms with E-state index in [1.54, 1.807) is 12.1 Å². The van der Waals surface area contributed by atoms with Crippen LogP contribution in [0.5, 0.6) is 23.0 Å². The third kappa shape index (κ3) is 2.99. The summed E-state index contributed by atoms with van der Waals surface area (Å²) in [4.78, 5) is 2.19. The first-order valence-electron chi connectivity index (χ1n) is 8.11. The van der Waals surface area contributed by atoms with Crippen LogP contribution in [0.3, 0.4) is 0 Å². The summed E-state index contributed by atoms with van der Waals surface area (Å²) in [6.45, 7) is 1.36. The number of hydrogen-bond acceptors (Lipinski definition) is 6. The molecule has 1 aliphatic heterocycles. The molecule has 0 saturated heterocycles. The van der Waals surface area contributed by atoms with Crippen LogP contribution in [0.4, 0.5) is 0 Å². The lowest BCUT2D eigenvalue weighted by molar-refractivity contribution is 0.281. The summed E-state index contributed by atoms with van der Waals surface area (Å²) in [5.74, 6) is 0.684. The summed E-state index contributed by atoms with van der Waals surface area (Å²) in [5, 5.41) is 30.3. The highest BCUT2D eigenvalue weighted by Gasteiger charge is 2.26. The number of aliphatic hydroxyl groups excluding tert-OH is 1. The van der Waals surface area contributed by atoms with E-state index in [9.17, 15) is 15.3 Å². The van der Waals surface area contributed by atoms with Gasteiger partial charge in [0.25, 0.3) is 0 Å². The van der Waals surface area contributed by atoms with Gasteiger partial charge in [-0.25, -0.2) is 0 Å². The average Bonchev–Trinajstić information content (AvgIpc) is 2.61. The van der Waals surface area contributed by atoms with Gasteiger partial charge in [0, 0.05) is 18.7 Å². The van der Waals surface area contributed by atoms with Crippen LogP contribution < -0.4 is 9.47 Å². The average molecular weight is 345 g/mol. The van der Waals surface area contributed by atoms with Crippen LogP contribution in [-0.4, -0.2) is 48.0 Å². The zero-order valence-corrected chi connectivity index (χ0v) is 14.7. The van der Waals surface area contributed by atoms with Gasteiger partial charge in [-0.3, -0.25) is 0 Å². The molecule has 0 aliphatic carbocycles. The summed E-state index contributed by atoms with van der Waals surface area (Å²) in [5.41, 5.74) is 4.05. The van der Waals surface area contributed by atoms with Crippen LogP contribution in [0.15, 0.2) is 18.2 Å². The Morgan fingerprint density at radius 2 is 1.84 bits per heavy atom. The Labute approximate surface area is 146 Å². The Hall–Kier alpha value is -2.44. The van der Waals surface area contributed by atoms with Crippen molar-refractivity contribution in [1.82, 2.24) is 4.90 Å². The highest BCUT2D eigenvalue weighted by molar-refractivity contribution is 5.82. The van der Waals surface area contributed by atoms with Crippen molar-refractivity contribution in [3.63, 3.8) is 0 Å². The Kier molecular flexibility index (Phi) is 4.74. The van der Waals surface area contributed by atoms with E-state index in [2.05, 4.69) is 4.90 Å². The Morgan fingerprint density at radius 3 is 2.48 bits per heavy atom. The Bertz CT molecular complexity index is 803. The van der Waals surface area contributed by atoms with Crippen LogP contribution in [0.2, 0.25) is 0 Å². The molecule has 6 nitrogen and oxygen atoms in total. The van der Waals surface area contributed by atoms with E-state index in [-0.39, 0.29) is 18.1 Å². The molecule has 0 spiro atoms. The van der Waals surface area contributed by atoms with Crippen LogP contribution in [-0.2, 0) is 19.6 Å². The SMILES string of the molecule is COc1cc(-c2c3c(cc(O)c2OC)CCN(C)C3)c(CO)cc1O. The summed E-state index contributed by atoms with van der Waals surface area (Å²) in [6.07, 6.45) is 0.820. The Morgan fingerprint density at radius 1 is 1.08 bits per heavy atom. The zero-order valence-electron chi connectivity index (χ0n) is 14.7. The van der Waals surface area contributed by atoms with Crippen LogP contribution in [0.25, 0.3) is 11.1 Å². The summed E-state index contributed by atoms with van der Waals surface area (Å²) < 4.78 is 10.7. The number of benzene rings is 2. The molecule has 0 unspecified atom stereocenters. The van der Waals surface area contributed by atoms with Crippen LogP contribution >= 0.6 is 0 Å². The van der Waals surface area contributed by atoms with Gasteiger partial charge in [0.05, 0.1) is 20.8 Å². The highest BCUT2D eigenvalue weighted by atomic mass is 16.5. The van der Waals surface area contributed by atoms with Gasteiger partial charge in [0.2, 0.25) is 0 Å². The van der Waals surface area contributed by atoms with Gasteiger partial charge >= 0.3 is 0 Å². The molecular formula is C19H23NO5. The predicted octanol–water partition coefficient (Wildman–Crippen LogP) is 2.26. The largest absolute Gasteiger partial charge is 0.504 e. The first kappa shape index (κ1) is 17.4. The van der Waals surface area contributed by atoms with Gasteiger partial charge in [0.1, 0.15) is 0 Å². The summed E-state index contributed by atoms with van der Waals surface area (Å²) in [6, 6.07) is 4.91. The van der Waals surface area contributed by atoms with Gasteiger partial charge in [-0.05, 0) is 53.9 Å². The molecule has 6 heteroatoms. The monoisotopic (exact) mass is 345 g/mol. The maximum atomic E-state index is 10.4. The van der Waals surface area contributed by atoms with Crippen molar-refractivity contribution in [3.05, 3.63) is 34.9 Å². The molecule has 1 heterocycles. The second kappa shape index (κ2) is 6.82. The van der Waals surface area contributed by atoms with Crippen molar-refractivity contribution in [2.75, 3.05) is 27.8 Å². The molecule has 134 valence electrons. The second-order valence-electron chi connectivity index (χ2n) is 6.27. The lowest BCUT2D eigenvalue weighted by Gasteiger charge is -2.29. The first-order chi connectivity index (χ1) is 12.0. The Balaban J connectivity index is 2.35. The minimum absolute atomic E-state index is 0.0413. The number of phenolic OH excluding ortho intramolecular Hbond substituents is 2. The lowest BCUT2D eigenvalue weighted by atomic mass is 9.87. The maximum Gasteiger partial charge on any atom is 0.168 e. The molecule has 3 rings (SSSR count). The molecule has 0 aromatic heterocycles. The molecule has 0 saturated carbocycles. The number of methoxy groups -OCH3 is 2. The molecule has 2 aromatic carbocycles. The highest BCUT2D eigenvalue weighted by Crippen LogP contribution is 2.47. The molecular weight excluding hydrogens is 322 g/mol. The van der Waals surface area contributed by atoms with Crippen LogP contribution in [0.1, 0.15) is 16.7 Å². The topological polar surface area (TPSA) is 82.4 Å².